The molecule has 1 fully saturated rings. The van der Waals surface area contributed by atoms with Crippen LogP contribution < -0.4 is 9.64 Å². The molecule has 1 N–H and O–H groups in total. The highest BCUT2D eigenvalue weighted by Crippen LogP contribution is 2.29. The number of anilines is 1. The van der Waals surface area contributed by atoms with Gasteiger partial charge in [-0.2, -0.15) is 0 Å². The Labute approximate surface area is 136 Å². The largest absolute Gasteiger partial charge is 0.480 e. The third kappa shape index (κ3) is 3.67. The summed E-state index contributed by atoms with van der Waals surface area (Å²) in [7, 11) is 1.60. The number of H-pyrrole nitrogens is 1. The number of aliphatic imine (C=N–C) groups is 1. The van der Waals surface area contributed by atoms with Crippen molar-refractivity contribution >= 4 is 12.0 Å². The number of hydrogen-bond acceptors (Lipinski definition) is 6. The Bertz CT molecular complexity index is 563. The Morgan fingerprint density at radius 3 is 2.96 bits per heavy atom. The molecule has 7 heteroatoms. The molecule has 1 aromatic heterocycles. The molecule has 3 rings (SSSR count). The lowest BCUT2D eigenvalue weighted by Gasteiger charge is -2.34. The third-order valence-electron chi connectivity index (χ3n) is 4.33. The summed E-state index contributed by atoms with van der Waals surface area (Å²) in [4.78, 5) is 6.27. The molecule has 0 aromatic carbocycles. The van der Waals surface area contributed by atoms with Gasteiger partial charge < -0.3 is 14.2 Å². The zero-order valence-corrected chi connectivity index (χ0v) is 13.7. The van der Waals surface area contributed by atoms with Crippen molar-refractivity contribution in [2.45, 2.75) is 32.3 Å². The second kappa shape index (κ2) is 7.50. The number of hydrogen-bond donors (Lipinski definition) is 1. The standard InChI is InChI=1S/C16H24N4O3/c1-3-13(12-4-8-22-9-5-12)23-16-11-17-6-7-20(16)14-10-15(21-2)19-18-14/h6,10-13H,3-5,7-9H2,1-2H3,(H,18,19)/t13-/m0/s1. The van der Waals surface area contributed by atoms with Crippen molar-refractivity contribution in [3.63, 3.8) is 0 Å². The van der Waals surface area contributed by atoms with E-state index in [2.05, 4.69) is 22.1 Å². The molecule has 2 aliphatic rings. The maximum Gasteiger partial charge on any atom is 0.234 e. The van der Waals surface area contributed by atoms with Crippen molar-refractivity contribution in [1.82, 2.24) is 10.2 Å². The number of rotatable bonds is 6. The Kier molecular flexibility index (Phi) is 5.17. The number of aromatic amines is 1. The number of nitrogens with zero attached hydrogens (tertiary/aromatic N) is 3. The van der Waals surface area contributed by atoms with E-state index in [1.165, 1.54) is 0 Å². The zero-order chi connectivity index (χ0) is 16.1. The van der Waals surface area contributed by atoms with Crippen molar-refractivity contribution in [3.8, 4) is 5.88 Å². The first-order valence-corrected chi connectivity index (χ1v) is 8.15. The fourth-order valence-electron chi connectivity index (χ4n) is 3.01. The van der Waals surface area contributed by atoms with Gasteiger partial charge in [0.1, 0.15) is 11.9 Å². The number of aromatic nitrogens is 2. The van der Waals surface area contributed by atoms with E-state index in [9.17, 15) is 0 Å². The molecule has 1 atom stereocenters. The molecular formula is C16H24N4O3. The molecule has 0 amide bonds. The van der Waals surface area contributed by atoms with E-state index in [0.29, 0.717) is 18.3 Å². The van der Waals surface area contributed by atoms with E-state index in [1.807, 2.05) is 17.2 Å². The van der Waals surface area contributed by atoms with Crippen LogP contribution in [0.3, 0.4) is 0 Å². The van der Waals surface area contributed by atoms with Crippen molar-refractivity contribution < 1.29 is 14.2 Å². The van der Waals surface area contributed by atoms with Gasteiger partial charge in [0.15, 0.2) is 0 Å². The highest BCUT2D eigenvalue weighted by Gasteiger charge is 2.27. The Balaban J connectivity index is 1.72. The fourth-order valence-corrected chi connectivity index (χ4v) is 3.01. The summed E-state index contributed by atoms with van der Waals surface area (Å²) in [5.41, 5.74) is 0. The molecule has 23 heavy (non-hydrogen) atoms. The Morgan fingerprint density at radius 1 is 1.43 bits per heavy atom. The lowest BCUT2D eigenvalue weighted by molar-refractivity contribution is -0.0104. The lowest BCUT2D eigenvalue weighted by Crippen LogP contribution is -2.35. The van der Waals surface area contributed by atoms with Gasteiger partial charge in [-0.25, -0.2) is 0 Å². The van der Waals surface area contributed by atoms with Gasteiger partial charge in [-0.1, -0.05) is 6.92 Å². The molecule has 1 saturated heterocycles. The topological polar surface area (TPSA) is 72.0 Å². The molecule has 0 saturated carbocycles. The molecule has 126 valence electrons. The average molecular weight is 320 g/mol. The summed E-state index contributed by atoms with van der Waals surface area (Å²) < 4.78 is 16.9. The van der Waals surface area contributed by atoms with Gasteiger partial charge in [0.2, 0.25) is 11.8 Å². The van der Waals surface area contributed by atoms with Crippen LogP contribution in [0.25, 0.3) is 0 Å². The van der Waals surface area contributed by atoms with E-state index in [0.717, 1.165) is 44.2 Å². The second-order valence-corrected chi connectivity index (χ2v) is 5.72. The summed E-state index contributed by atoms with van der Waals surface area (Å²) in [5, 5.41) is 7.08. The summed E-state index contributed by atoms with van der Waals surface area (Å²) in [6.07, 6.45) is 6.84. The van der Waals surface area contributed by atoms with Crippen molar-refractivity contribution in [1.29, 1.82) is 0 Å². The minimum Gasteiger partial charge on any atom is -0.480 e. The average Bonchev–Trinajstić information content (AvgIpc) is 3.10. The molecule has 0 spiro atoms. The van der Waals surface area contributed by atoms with Crippen molar-refractivity contribution in [3.05, 3.63) is 18.1 Å². The predicted octanol–water partition coefficient (Wildman–Crippen LogP) is 2.33. The second-order valence-electron chi connectivity index (χ2n) is 5.72. The number of methoxy groups -OCH3 is 1. The Hall–Kier alpha value is -2.02. The van der Waals surface area contributed by atoms with Crippen LogP contribution in [0.4, 0.5) is 5.82 Å². The van der Waals surface area contributed by atoms with E-state index in [1.54, 1.807) is 13.3 Å². The van der Waals surface area contributed by atoms with Gasteiger partial charge in [-0.3, -0.25) is 15.0 Å². The van der Waals surface area contributed by atoms with Gasteiger partial charge in [0.25, 0.3) is 0 Å². The summed E-state index contributed by atoms with van der Waals surface area (Å²) in [6, 6.07) is 1.85. The van der Waals surface area contributed by atoms with Gasteiger partial charge in [0, 0.05) is 31.4 Å². The van der Waals surface area contributed by atoms with Crippen LogP contribution in [0.5, 0.6) is 5.88 Å². The normalized spacial score (nSPS) is 20.3. The smallest absolute Gasteiger partial charge is 0.234 e. The maximum atomic E-state index is 6.32. The van der Waals surface area contributed by atoms with Gasteiger partial charge in [0.05, 0.1) is 19.9 Å². The summed E-state index contributed by atoms with van der Waals surface area (Å²) in [5.74, 6) is 2.66. The molecule has 0 radical (unpaired) electrons. The van der Waals surface area contributed by atoms with Crippen LogP contribution >= 0.6 is 0 Å². The van der Waals surface area contributed by atoms with Gasteiger partial charge in [-0.15, -0.1) is 5.10 Å². The van der Waals surface area contributed by atoms with Crippen molar-refractivity contribution in [2.24, 2.45) is 10.9 Å². The first-order valence-electron chi connectivity index (χ1n) is 8.15. The molecule has 3 heterocycles. The monoisotopic (exact) mass is 320 g/mol. The van der Waals surface area contributed by atoms with Gasteiger partial charge >= 0.3 is 0 Å². The number of ether oxygens (including phenoxy) is 3. The van der Waals surface area contributed by atoms with E-state index in [4.69, 9.17) is 14.2 Å². The molecule has 1 aromatic rings. The molecular weight excluding hydrogens is 296 g/mol. The molecule has 0 aliphatic carbocycles. The lowest BCUT2D eigenvalue weighted by atomic mass is 9.92. The fraction of sp³-hybridized carbons (Fsp3) is 0.625. The Morgan fingerprint density at radius 2 is 2.26 bits per heavy atom. The third-order valence-corrected chi connectivity index (χ3v) is 4.33. The van der Waals surface area contributed by atoms with Crippen LogP contribution in [0.1, 0.15) is 26.2 Å². The van der Waals surface area contributed by atoms with E-state index >= 15 is 0 Å². The molecule has 0 unspecified atom stereocenters. The van der Waals surface area contributed by atoms with Gasteiger partial charge in [-0.05, 0) is 19.3 Å². The predicted molar refractivity (Wildman–Crippen MR) is 87.8 cm³/mol. The summed E-state index contributed by atoms with van der Waals surface area (Å²) in [6.45, 7) is 4.45. The van der Waals surface area contributed by atoms with Crippen LogP contribution in [-0.4, -0.2) is 49.4 Å². The number of nitrogens with one attached hydrogen (secondary N) is 1. The first kappa shape index (κ1) is 15.9. The zero-order valence-electron chi connectivity index (χ0n) is 13.7. The van der Waals surface area contributed by atoms with Crippen LogP contribution in [0, 0.1) is 5.92 Å². The summed E-state index contributed by atoms with van der Waals surface area (Å²) >= 11 is 0. The van der Waals surface area contributed by atoms with Crippen LogP contribution in [0.2, 0.25) is 0 Å². The molecule has 0 bridgehead atoms. The van der Waals surface area contributed by atoms with Crippen LogP contribution in [-0.2, 0) is 9.47 Å². The highest BCUT2D eigenvalue weighted by molar-refractivity contribution is 5.69. The van der Waals surface area contributed by atoms with Crippen molar-refractivity contribution in [2.75, 3.05) is 31.8 Å². The van der Waals surface area contributed by atoms with Crippen LogP contribution in [0.15, 0.2) is 23.1 Å². The van der Waals surface area contributed by atoms with E-state index < -0.39 is 0 Å². The van der Waals surface area contributed by atoms with E-state index in [-0.39, 0.29) is 6.10 Å². The minimum absolute atomic E-state index is 0.172. The first-order chi connectivity index (χ1) is 11.3. The molecule has 7 nitrogen and oxygen atoms in total. The SMILES string of the molecule is CC[C@H](OC1=CN=CCN1c1cc(OC)n[nH]1)C1CCOCC1. The molecule has 2 aliphatic heterocycles. The minimum atomic E-state index is 0.172. The quantitative estimate of drug-likeness (QED) is 0.871. The maximum absolute atomic E-state index is 6.32. The highest BCUT2D eigenvalue weighted by atomic mass is 16.5.